The van der Waals surface area contributed by atoms with E-state index >= 15 is 0 Å². The first-order chi connectivity index (χ1) is 4.43. The summed E-state index contributed by atoms with van der Waals surface area (Å²) in [5.74, 6) is 0. The Bertz CT molecular complexity index is 172. The van der Waals surface area contributed by atoms with Gasteiger partial charge in [-0.15, -0.1) is 0 Å². The molecule has 0 saturated heterocycles. The molecule has 0 aliphatic rings. The van der Waals surface area contributed by atoms with Gasteiger partial charge in [0.25, 0.3) is 0 Å². The van der Waals surface area contributed by atoms with Crippen molar-refractivity contribution in [2.45, 2.75) is 6.32 Å². The quantitative estimate of drug-likeness (QED) is 0.677. The van der Waals surface area contributed by atoms with Crippen molar-refractivity contribution in [2.24, 2.45) is 5.64 Å². The molecule has 0 heterocycles. The average molecular weight is 178 g/mol. The van der Waals surface area contributed by atoms with Crippen molar-refractivity contribution >= 4 is 7.41 Å². The molecule has 2 N–H and O–H groups in total. The second kappa shape index (κ2) is 10.0. The summed E-state index contributed by atoms with van der Waals surface area (Å²) in [6.45, 7) is 0. The molecule has 0 saturated carbocycles. The summed E-state index contributed by atoms with van der Waals surface area (Å²) in [6.07, 6.45) is 0.862. The first-order valence-electron chi connectivity index (χ1n) is 3.01. The van der Waals surface area contributed by atoms with Gasteiger partial charge in [0.15, 0.2) is 0 Å². The summed E-state index contributed by atoms with van der Waals surface area (Å²) in [5, 5.41) is 0. The predicted octanol–water partition coefficient (Wildman–Crippen LogP) is 1.22. The van der Waals surface area contributed by atoms with E-state index in [2.05, 4.69) is 12.1 Å². The van der Waals surface area contributed by atoms with Crippen LogP contribution in [0.25, 0.3) is 0 Å². The van der Waals surface area contributed by atoms with E-state index in [4.69, 9.17) is 5.64 Å². The minimum Gasteiger partial charge on any atom is -0.374 e. The van der Waals surface area contributed by atoms with E-state index < -0.39 is 0 Å². The Balaban J connectivity index is -0.000000270. The van der Waals surface area contributed by atoms with Gasteiger partial charge >= 0.3 is 0 Å². The molecule has 0 fully saturated rings. The molecule has 1 aromatic rings. The van der Waals surface area contributed by atoms with E-state index in [0.29, 0.717) is 0 Å². The van der Waals surface area contributed by atoms with Gasteiger partial charge < -0.3 is 5.64 Å². The second-order valence-electron chi connectivity index (χ2n) is 1.93. The van der Waals surface area contributed by atoms with E-state index in [9.17, 15) is 0 Å². The fraction of sp³-hybridized carbons (Fsp3) is 0.143. The molecule has 1 rings (SSSR count). The van der Waals surface area contributed by atoms with Crippen molar-refractivity contribution in [1.82, 2.24) is 0 Å². The van der Waals surface area contributed by atoms with Gasteiger partial charge in [0.05, 0.1) is 0 Å². The number of nitrogens with two attached hydrogens (primary N) is 1. The summed E-state index contributed by atoms with van der Waals surface area (Å²) in [5.41, 5.74) is 6.50. The third kappa shape index (κ3) is 5.79. The third-order valence-corrected chi connectivity index (χ3v) is 1.20. The molecule has 5 heteroatoms. The Morgan fingerprint density at radius 1 is 1.00 bits per heavy atom. The van der Waals surface area contributed by atoms with Gasteiger partial charge in [-0.2, -0.15) is 0 Å². The number of halogens is 3. The van der Waals surface area contributed by atoms with Crippen LogP contribution in [-0.2, 0) is 6.32 Å². The van der Waals surface area contributed by atoms with Crippen LogP contribution < -0.4 is 5.64 Å². The van der Waals surface area contributed by atoms with Crippen molar-refractivity contribution in [2.75, 3.05) is 0 Å². The predicted molar refractivity (Wildman–Crippen MR) is 47.6 cm³/mol. The molecule has 0 bridgehead atoms. The highest BCUT2D eigenvalue weighted by Gasteiger charge is 1.86. The van der Waals surface area contributed by atoms with Crippen LogP contribution in [0, 0.1) is 0 Å². The Morgan fingerprint density at radius 3 is 1.92 bits per heavy atom. The highest BCUT2D eigenvalue weighted by molar-refractivity contribution is 6.30. The average Bonchev–Trinajstić information content (AvgIpc) is 1.91. The van der Waals surface area contributed by atoms with E-state index in [1.807, 2.05) is 18.2 Å². The highest BCUT2D eigenvalue weighted by Crippen LogP contribution is 1.96. The lowest BCUT2D eigenvalue weighted by Crippen LogP contribution is -2.07. The van der Waals surface area contributed by atoms with Crippen LogP contribution in [0.2, 0.25) is 0 Å². The molecule has 0 unspecified atom stereocenters. The van der Waals surface area contributed by atoms with E-state index in [-0.39, 0.29) is 14.1 Å². The monoisotopic (exact) mass is 178 g/mol. The van der Waals surface area contributed by atoms with Gasteiger partial charge in [0, 0.05) is 0 Å². The Hall–Kier alpha value is -0.965. The lowest BCUT2D eigenvalue weighted by molar-refractivity contribution is 1.11. The number of rotatable bonds is 2. The summed E-state index contributed by atoms with van der Waals surface area (Å²) in [4.78, 5) is 0. The highest BCUT2D eigenvalue weighted by atomic mass is 19.0. The molecule has 0 atom stereocenters. The zero-order valence-corrected chi connectivity index (χ0v) is 6.47. The number of benzene rings is 1. The molecular weight excluding hydrogens is 166 g/mol. The molecule has 1 aromatic carbocycles. The Morgan fingerprint density at radius 2 is 1.50 bits per heavy atom. The lowest BCUT2D eigenvalue weighted by atomic mass is 9.86. The fourth-order valence-corrected chi connectivity index (χ4v) is 0.750. The Labute approximate surface area is 70.3 Å². The van der Waals surface area contributed by atoms with Crippen LogP contribution in [0.1, 0.15) is 5.56 Å². The number of hydrogen-bond acceptors (Lipinski definition) is 1. The molecule has 0 aliphatic carbocycles. The maximum absolute atomic E-state index is 5.24. The van der Waals surface area contributed by atoms with Crippen molar-refractivity contribution in [3.8, 4) is 0 Å². The van der Waals surface area contributed by atoms with Crippen LogP contribution in [0.15, 0.2) is 30.3 Å². The van der Waals surface area contributed by atoms with Gasteiger partial charge in [0.2, 0.25) is 7.41 Å². The fourth-order valence-electron chi connectivity index (χ4n) is 0.750. The first kappa shape index (κ1) is 17.2. The van der Waals surface area contributed by atoms with Gasteiger partial charge in [-0.25, -0.2) is 0 Å². The summed E-state index contributed by atoms with van der Waals surface area (Å²) >= 11 is 0. The first-order valence-corrected chi connectivity index (χ1v) is 3.01. The molecule has 0 aromatic heterocycles. The molecule has 0 aliphatic heterocycles. The lowest BCUT2D eigenvalue weighted by Gasteiger charge is -1.92. The van der Waals surface area contributed by atoms with E-state index in [1.165, 1.54) is 5.56 Å². The smallest absolute Gasteiger partial charge is 0.207 e. The van der Waals surface area contributed by atoms with Gasteiger partial charge in [0.1, 0.15) is 0 Å². The molecule has 69 valence electrons. The topological polar surface area (TPSA) is 26.0 Å². The molecule has 1 nitrogen and oxygen atoms in total. The van der Waals surface area contributed by atoms with Gasteiger partial charge in [-0.3, -0.25) is 14.1 Å². The van der Waals surface area contributed by atoms with E-state index in [1.54, 1.807) is 7.41 Å². The van der Waals surface area contributed by atoms with Crippen LogP contribution in [0.5, 0.6) is 0 Å². The standard InChI is InChI=1S/C7H9BN.3FH/c9-8-6-7-4-2-1-3-5-7;;;/h1-5H,6,9H2;3*1H. The maximum atomic E-state index is 5.24. The minimum atomic E-state index is 0. The molecule has 0 amide bonds. The van der Waals surface area contributed by atoms with Gasteiger partial charge in [-0.1, -0.05) is 35.9 Å². The van der Waals surface area contributed by atoms with Crippen LogP contribution in [-0.4, -0.2) is 7.41 Å². The van der Waals surface area contributed by atoms with Crippen molar-refractivity contribution in [3.05, 3.63) is 35.9 Å². The molecular formula is C7H12BF3N. The minimum absolute atomic E-state index is 0. The normalized spacial score (nSPS) is 6.75. The van der Waals surface area contributed by atoms with Crippen molar-refractivity contribution < 1.29 is 14.1 Å². The number of hydrogen-bond donors (Lipinski definition) is 1. The molecule has 12 heavy (non-hydrogen) atoms. The van der Waals surface area contributed by atoms with Crippen LogP contribution in [0.3, 0.4) is 0 Å². The molecule has 0 spiro atoms. The summed E-state index contributed by atoms with van der Waals surface area (Å²) in [7, 11) is 1.66. The van der Waals surface area contributed by atoms with Gasteiger partial charge in [-0.05, 0) is 6.32 Å². The second-order valence-corrected chi connectivity index (χ2v) is 1.93. The zero-order valence-electron chi connectivity index (χ0n) is 6.47. The Kier molecular flexibility index (Phi) is 14.4. The largest absolute Gasteiger partial charge is 0.374 e. The van der Waals surface area contributed by atoms with E-state index in [0.717, 1.165) is 6.32 Å². The van der Waals surface area contributed by atoms with Crippen molar-refractivity contribution in [3.63, 3.8) is 0 Å². The summed E-state index contributed by atoms with van der Waals surface area (Å²) < 4.78 is 0. The van der Waals surface area contributed by atoms with Crippen molar-refractivity contribution in [1.29, 1.82) is 0 Å². The SMILES string of the molecule is F.F.F.N[B]Cc1ccccc1. The zero-order chi connectivity index (χ0) is 6.53. The maximum Gasteiger partial charge on any atom is 0.207 e. The molecule has 1 radical (unpaired) electrons. The third-order valence-electron chi connectivity index (χ3n) is 1.20. The van der Waals surface area contributed by atoms with Crippen LogP contribution >= 0.6 is 0 Å². The van der Waals surface area contributed by atoms with Crippen LogP contribution in [0.4, 0.5) is 14.1 Å². The summed E-state index contributed by atoms with van der Waals surface area (Å²) in [6, 6.07) is 10.1.